The van der Waals surface area contributed by atoms with Crippen molar-refractivity contribution in [3.8, 4) is 55.6 Å². The highest BCUT2D eigenvalue weighted by molar-refractivity contribution is 8.00. The highest BCUT2D eigenvalue weighted by Gasteiger charge is 2.48. The molecule has 18 rings (SSSR count). The summed E-state index contributed by atoms with van der Waals surface area (Å²) < 4.78 is 6.50. The number of nitrogens with zero attached hydrogens (tertiary/aromatic N) is 2. The summed E-state index contributed by atoms with van der Waals surface area (Å²) >= 11 is 3.88. The zero-order chi connectivity index (χ0) is 65.8. The third-order valence-electron chi connectivity index (χ3n) is 20.8. The molecule has 0 bridgehead atoms. The Morgan fingerprint density at radius 3 is 1.28 bits per heavy atom. The molecule has 0 N–H and O–H groups in total. The molecule has 7 heteroatoms. The summed E-state index contributed by atoms with van der Waals surface area (Å²) in [7, 11) is 0. The van der Waals surface area contributed by atoms with Crippen LogP contribution >= 0.6 is 23.5 Å². The normalized spacial score (nSPS) is 13.7. The van der Waals surface area contributed by atoms with Crippen molar-refractivity contribution in [3.05, 3.63) is 290 Å². The van der Waals surface area contributed by atoms with Gasteiger partial charge in [-0.15, -0.1) is 0 Å². The van der Waals surface area contributed by atoms with Crippen LogP contribution in [-0.4, -0.2) is 13.4 Å². The average molecular weight is 1280 g/mol. The van der Waals surface area contributed by atoms with Crippen molar-refractivity contribution < 1.29 is 4.42 Å². The topological polar surface area (TPSA) is 19.6 Å². The Balaban J connectivity index is 0.988. The molecule has 0 amide bonds. The van der Waals surface area contributed by atoms with Gasteiger partial charge >= 0.3 is 0 Å². The molecule has 4 aliphatic rings. The zero-order valence-corrected chi connectivity index (χ0v) is 57.9. The van der Waals surface area contributed by atoms with Crippen molar-refractivity contribution in [1.82, 2.24) is 0 Å². The highest BCUT2D eigenvalue weighted by Crippen LogP contribution is 2.54. The molecule has 0 saturated heterocycles. The van der Waals surface area contributed by atoms with Gasteiger partial charge in [-0.3, -0.25) is 0 Å². The molecule has 0 radical (unpaired) electrons. The van der Waals surface area contributed by atoms with Crippen LogP contribution in [0.3, 0.4) is 0 Å². The van der Waals surface area contributed by atoms with Gasteiger partial charge in [-0.05, 0) is 184 Å². The maximum absolute atomic E-state index is 6.50. The van der Waals surface area contributed by atoms with Gasteiger partial charge in [0.1, 0.15) is 11.2 Å². The molecule has 97 heavy (non-hydrogen) atoms. The van der Waals surface area contributed by atoms with E-state index in [9.17, 15) is 0 Å². The van der Waals surface area contributed by atoms with Crippen molar-refractivity contribution in [3.63, 3.8) is 0 Å². The number of anilines is 6. The van der Waals surface area contributed by atoms with E-state index in [1.807, 2.05) is 23.5 Å². The quantitative estimate of drug-likeness (QED) is 0.148. The molecule has 0 saturated carbocycles. The number of hydrogen-bond acceptors (Lipinski definition) is 5. The Kier molecular flexibility index (Phi) is 13.7. The Bertz CT molecular complexity index is 5470. The fraction of sp³-hybridized carbons (Fsp3) is 0.133. The third kappa shape index (κ3) is 9.89. The van der Waals surface area contributed by atoms with Crippen LogP contribution < -0.4 is 42.6 Å². The molecule has 0 spiro atoms. The lowest BCUT2D eigenvalue weighted by atomic mass is 9.31. The molecule has 14 aromatic rings. The van der Waals surface area contributed by atoms with Gasteiger partial charge in [-0.2, -0.15) is 0 Å². The second kappa shape index (κ2) is 22.3. The van der Waals surface area contributed by atoms with Gasteiger partial charge in [-0.25, -0.2) is 0 Å². The summed E-state index contributed by atoms with van der Waals surface area (Å²) in [5, 5.41) is 2.24. The molecule has 0 fully saturated rings. The van der Waals surface area contributed by atoms with E-state index in [0.717, 1.165) is 38.8 Å². The maximum Gasteiger partial charge on any atom is 0.249 e. The molecule has 13 aromatic carbocycles. The molecular formula is C90H72B2N2OS2. The first-order valence-corrected chi connectivity index (χ1v) is 35.8. The number of furan rings is 1. The van der Waals surface area contributed by atoms with E-state index in [1.165, 1.54) is 142 Å². The van der Waals surface area contributed by atoms with Crippen LogP contribution in [0.4, 0.5) is 34.1 Å². The lowest BCUT2D eigenvalue weighted by Crippen LogP contribution is -2.64. The van der Waals surface area contributed by atoms with Gasteiger partial charge in [0.25, 0.3) is 0 Å². The Hall–Kier alpha value is -9.91. The minimum absolute atomic E-state index is 0.0546. The molecule has 0 unspecified atom stereocenters. The number of para-hydroxylation sites is 1. The van der Waals surface area contributed by atoms with Gasteiger partial charge in [0.05, 0.1) is 5.69 Å². The largest absolute Gasteiger partial charge is 0.456 e. The Morgan fingerprint density at radius 2 is 0.732 bits per heavy atom. The van der Waals surface area contributed by atoms with Gasteiger partial charge in [0.15, 0.2) is 0 Å². The maximum atomic E-state index is 6.50. The van der Waals surface area contributed by atoms with Gasteiger partial charge < -0.3 is 14.2 Å². The molecular weight excluding hydrogens is 1210 g/mol. The van der Waals surface area contributed by atoms with Gasteiger partial charge in [0.2, 0.25) is 13.4 Å². The van der Waals surface area contributed by atoms with Gasteiger partial charge in [-0.1, -0.05) is 285 Å². The lowest BCUT2D eigenvalue weighted by Gasteiger charge is -2.46. The molecule has 0 aliphatic carbocycles. The van der Waals surface area contributed by atoms with Crippen molar-refractivity contribution >= 4 is 126 Å². The first-order valence-electron chi connectivity index (χ1n) is 34.2. The first-order chi connectivity index (χ1) is 47.0. The second-order valence-corrected chi connectivity index (χ2v) is 32.2. The first kappa shape index (κ1) is 59.6. The smallest absolute Gasteiger partial charge is 0.249 e. The fourth-order valence-electron chi connectivity index (χ4n) is 15.7. The number of rotatable bonds is 7. The average Bonchev–Trinajstić information content (AvgIpc) is 0.879. The van der Waals surface area contributed by atoms with E-state index in [1.54, 1.807) is 0 Å². The van der Waals surface area contributed by atoms with E-state index in [4.69, 9.17) is 4.42 Å². The van der Waals surface area contributed by atoms with Crippen LogP contribution in [0.25, 0.3) is 77.6 Å². The summed E-state index contributed by atoms with van der Waals surface area (Å²) in [6.07, 6.45) is 0. The fourth-order valence-corrected chi connectivity index (χ4v) is 18.2. The van der Waals surface area contributed by atoms with Crippen molar-refractivity contribution in [2.24, 2.45) is 0 Å². The molecule has 3 nitrogen and oxygen atoms in total. The van der Waals surface area contributed by atoms with Crippen LogP contribution in [0, 0.1) is 0 Å². The Labute approximate surface area is 579 Å². The third-order valence-corrected chi connectivity index (χ3v) is 23.1. The number of fused-ring (bicyclic) bond motifs is 11. The van der Waals surface area contributed by atoms with E-state index in [0.29, 0.717) is 0 Å². The van der Waals surface area contributed by atoms with Gasteiger partial charge in [0, 0.05) is 69.9 Å². The summed E-state index contributed by atoms with van der Waals surface area (Å²) in [6, 6.07) is 104. The lowest BCUT2D eigenvalue weighted by molar-refractivity contribution is 0.589. The highest BCUT2D eigenvalue weighted by atomic mass is 32.2. The minimum Gasteiger partial charge on any atom is -0.456 e. The van der Waals surface area contributed by atoms with Crippen LogP contribution in [0.5, 0.6) is 0 Å². The van der Waals surface area contributed by atoms with E-state index in [-0.39, 0.29) is 29.7 Å². The van der Waals surface area contributed by atoms with Crippen molar-refractivity contribution in [1.29, 1.82) is 0 Å². The molecule has 5 heterocycles. The standard InChI is InChI=1S/C90H72B2N2OS2/c1-88(2,3)63-37-39-66(40-38-63)93-75-54-76-74(53-73(75)91-71-41-34-60(55-24-14-10-15-25-55)46-81(71)96-83-48-62(45-77(93)85(83)91)59-36-43-80-70(44-59)67-32-22-23-33-79(67)95-80)92-72-42-35-61(56-26-16-11-17-27-56)47-82(72)97-84-52-65(90(7,8)9)51-78(86(84)92)94(76)87-68(57-28-18-12-19-29-57)49-64(89(4,5)6)50-69(87)58-30-20-13-21-31-58/h10-54H,1-9H3. The molecule has 1 aromatic heterocycles. The van der Waals surface area contributed by atoms with Crippen molar-refractivity contribution in [2.45, 2.75) is 98.1 Å². The zero-order valence-electron chi connectivity index (χ0n) is 56.3. The second-order valence-electron chi connectivity index (χ2n) is 30.0. The van der Waals surface area contributed by atoms with E-state index >= 15 is 0 Å². The minimum atomic E-state index is -0.187. The SMILES string of the molecule is CC(C)(C)c1ccc(N2c3cc4c(cc3B3c5ccc(-c6ccccc6)cc5Sc5cc(-c6ccc7oc8ccccc8c7c6)cc2c53)B2c3ccc(-c5ccccc5)cc3Sc3cc(C(C)(C)C)cc(c32)N4c2c(-c3ccccc3)cc(C(C)(C)C)cc2-c2ccccc2)cc1. The van der Waals surface area contributed by atoms with Crippen LogP contribution in [-0.2, 0) is 16.2 Å². The van der Waals surface area contributed by atoms with E-state index < -0.39 is 0 Å². The number of benzene rings is 13. The predicted molar refractivity (Wildman–Crippen MR) is 417 cm³/mol. The summed E-state index contributed by atoms with van der Waals surface area (Å²) in [4.78, 5) is 10.6. The molecule has 0 atom stereocenters. The van der Waals surface area contributed by atoms with E-state index in [2.05, 4.69) is 345 Å². The number of hydrogen-bond donors (Lipinski definition) is 0. The summed E-state index contributed by atoms with van der Waals surface area (Å²) in [5.74, 6) is 0. The van der Waals surface area contributed by atoms with Crippen LogP contribution in [0.15, 0.2) is 297 Å². The Morgan fingerprint density at radius 1 is 0.289 bits per heavy atom. The molecule has 466 valence electrons. The molecule has 4 aliphatic heterocycles. The summed E-state index contributed by atoms with van der Waals surface area (Å²) in [6.45, 7) is 21.0. The monoisotopic (exact) mass is 1280 g/mol. The summed E-state index contributed by atoms with van der Waals surface area (Å²) in [5.41, 5.74) is 32.2. The van der Waals surface area contributed by atoms with Crippen LogP contribution in [0.2, 0.25) is 0 Å². The predicted octanol–water partition coefficient (Wildman–Crippen LogP) is 21.3. The van der Waals surface area contributed by atoms with Crippen molar-refractivity contribution in [2.75, 3.05) is 9.80 Å². The van der Waals surface area contributed by atoms with Crippen LogP contribution in [0.1, 0.15) is 79.0 Å².